The lowest BCUT2D eigenvalue weighted by molar-refractivity contribution is -0.148. The van der Waals surface area contributed by atoms with Crippen molar-refractivity contribution in [3.05, 3.63) is 31.5 Å². The number of aliphatic hydroxyl groups is 2. The third kappa shape index (κ3) is 7.75. The number of nitrogens with zero attached hydrogens (tertiary/aromatic N) is 3. The van der Waals surface area contributed by atoms with Crippen LogP contribution in [-0.2, 0) is 53.0 Å². The number of esters is 3. The second-order valence-electron chi connectivity index (χ2n) is 6.51. The van der Waals surface area contributed by atoms with E-state index in [1.165, 1.54) is 14.0 Å². The van der Waals surface area contributed by atoms with E-state index in [1.807, 2.05) is 0 Å². The van der Waals surface area contributed by atoms with E-state index in [-0.39, 0.29) is 15.7 Å². The van der Waals surface area contributed by atoms with Crippen molar-refractivity contribution in [3.8, 4) is 0 Å². The number of carbonyl (C=O) groups is 3. The molecule has 0 saturated heterocycles. The summed E-state index contributed by atoms with van der Waals surface area (Å²) in [5.74, 6) is -3.22. The standard InChI is InChI=1S/C17H25N3O12/c1-10(21)7-31-13(24)5-19-15(26)18(4-12(23)30-3)16(27)20(17(19)28)6-14(25)32-9-11(22)8-29-2/h10-11,21-22H,4-9H2,1-3H3. The molecule has 0 bridgehead atoms. The molecule has 0 aliphatic rings. The van der Waals surface area contributed by atoms with Crippen LogP contribution in [-0.4, -0.2) is 88.1 Å². The number of ether oxygens (including phenoxy) is 4. The van der Waals surface area contributed by atoms with Gasteiger partial charge in [-0.05, 0) is 6.92 Å². The molecule has 15 nitrogen and oxygen atoms in total. The fraction of sp³-hybridized carbons (Fsp3) is 0.647. The molecule has 0 amide bonds. The number of hydrogen-bond donors (Lipinski definition) is 2. The average molecular weight is 463 g/mol. The van der Waals surface area contributed by atoms with Crippen LogP contribution in [0.4, 0.5) is 0 Å². The summed E-state index contributed by atoms with van der Waals surface area (Å²) in [4.78, 5) is 73.3. The third-order valence-electron chi connectivity index (χ3n) is 3.76. The van der Waals surface area contributed by atoms with Crippen LogP contribution in [0.1, 0.15) is 6.92 Å². The van der Waals surface area contributed by atoms with Crippen LogP contribution >= 0.6 is 0 Å². The zero-order valence-electron chi connectivity index (χ0n) is 17.7. The Balaban J connectivity index is 3.31. The van der Waals surface area contributed by atoms with Gasteiger partial charge in [0.2, 0.25) is 0 Å². The summed E-state index contributed by atoms with van der Waals surface area (Å²) in [6.45, 7) is -2.58. The lowest BCUT2D eigenvalue weighted by Gasteiger charge is -2.14. The predicted octanol–water partition coefficient (Wildman–Crippen LogP) is -4.18. The van der Waals surface area contributed by atoms with Crippen molar-refractivity contribution in [2.75, 3.05) is 34.0 Å². The molecule has 32 heavy (non-hydrogen) atoms. The summed E-state index contributed by atoms with van der Waals surface area (Å²) < 4.78 is 19.4. The second kappa shape index (κ2) is 12.5. The summed E-state index contributed by atoms with van der Waals surface area (Å²) >= 11 is 0. The van der Waals surface area contributed by atoms with E-state index < -0.39 is 80.0 Å². The van der Waals surface area contributed by atoms with Crippen LogP contribution in [0.15, 0.2) is 14.4 Å². The number of aliphatic hydroxyl groups excluding tert-OH is 2. The first-order chi connectivity index (χ1) is 15.0. The number of hydrogen-bond acceptors (Lipinski definition) is 12. The van der Waals surface area contributed by atoms with Crippen molar-refractivity contribution >= 4 is 17.9 Å². The topological polar surface area (TPSA) is 195 Å². The molecule has 0 aliphatic heterocycles. The van der Waals surface area contributed by atoms with Gasteiger partial charge in [0.05, 0.1) is 19.8 Å². The normalized spacial score (nSPS) is 12.7. The Morgan fingerprint density at radius 1 is 0.750 bits per heavy atom. The number of aromatic nitrogens is 3. The molecule has 1 aromatic heterocycles. The molecular formula is C17H25N3O12. The molecule has 2 unspecified atom stereocenters. The molecule has 2 N–H and O–H groups in total. The van der Waals surface area contributed by atoms with Crippen LogP contribution in [0, 0.1) is 0 Å². The number of carbonyl (C=O) groups excluding carboxylic acids is 3. The van der Waals surface area contributed by atoms with Gasteiger partial charge in [-0.25, -0.2) is 28.1 Å². The molecule has 0 spiro atoms. The lowest BCUT2D eigenvalue weighted by Crippen LogP contribution is -2.56. The monoisotopic (exact) mass is 463 g/mol. The van der Waals surface area contributed by atoms with Crippen LogP contribution in [0.2, 0.25) is 0 Å². The van der Waals surface area contributed by atoms with Crippen molar-refractivity contribution < 1.29 is 43.5 Å². The molecule has 0 aromatic carbocycles. The largest absolute Gasteiger partial charge is 0.468 e. The van der Waals surface area contributed by atoms with Crippen molar-refractivity contribution in [3.63, 3.8) is 0 Å². The maximum absolute atomic E-state index is 12.6. The van der Waals surface area contributed by atoms with E-state index >= 15 is 0 Å². The van der Waals surface area contributed by atoms with E-state index in [2.05, 4.69) is 9.47 Å². The molecule has 15 heteroatoms. The molecule has 1 rings (SSSR count). The summed E-state index contributed by atoms with van der Waals surface area (Å²) in [5.41, 5.74) is -3.99. The lowest BCUT2D eigenvalue weighted by atomic mass is 10.4. The first kappa shape index (κ1) is 26.7. The molecule has 1 aromatic rings. The van der Waals surface area contributed by atoms with Gasteiger partial charge in [0.15, 0.2) is 0 Å². The fourth-order valence-corrected chi connectivity index (χ4v) is 2.27. The Bertz CT molecular complexity index is 990. The van der Waals surface area contributed by atoms with E-state index in [4.69, 9.17) is 14.6 Å². The minimum absolute atomic E-state index is 0.140. The smallest absolute Gasteiger partial charge is 0.337 e. The molecular weight excluding hydrogens is 438 g/mol. The summed E-state index contributed by atoms with van der Waals surface area (Å²) in [6, 6.07) is 0. The van der Waals surface area contributed by atoms with Gasteiger partial charge in [0.1, 0.15) is 39.0 Å². The Morgan fingerprint density at radius 2 is 1.16 bits per heavy atom. The van der Waals surface area contributed by atoms with Crippen molar-refractivity contribution in [1.29, 1.82) is 0 Å². The maximum atomic E-state index is 12.6. The molecule has 0 aliphatic carbocycles. The van der Waals surface area contributed by atoms with Crippen molar-refractivity contribution in [2.24, 2.45) is 0 Å². The molecule has 0 saturated carbocycles. The van der Waals surface area contributed by atoms with Crippen LogP contribution < -0.4 is 17.1 Å². The quantitative estimate of drug-likeness (QED) is 0.224. The van der Waals surface area contributed by atoms with Gasteiger partial charge in [-0.1, -0.05) is 0 Å². The van der Waals surface area contributed by atoms with Gasteiger partial charge in [-0.3, -0.25) is 14.4 Å². The Hall–Kier alpha value is -3.30. The highest BCUT2D eigenvalue weighted by atomic mass is 16.6. The van der Waals surface area contributed by atoms with Gasteiger partial charge >= 0.3 is 35.0 Å². The van der Waals surface area contributed by atoms with Crippen molar-refractivity contribution in [2.45, 2.75) is 38.8 Å². The highest BCUT2D eigenvalue weighted by molar-refractivity contribution is 5.70. The first-order valence-corrected chi connectivity index (χ1v) is 9.19. The van der Waals surface area contributed by atoms with E-state index in [1.54, 1.807) is 0 Å². The second-order valence-corrected chi connectivity index (χ2v) is 6.51. The zero-order chi connectivity index (χ0) is 24.4. The zero-order valence-corrected chi connectivity index (χ0v) is 17.7. The summed E-state index contributed by atoms with van der Waals surface area (Å²) in [6.07, 6.45) is -2.17. The minimum Gasteiger partial charge on any atom is -0.468 e. The SMILES string of the molecule is COCC(O)COC(=O)Cn1c(=O)n(CC(=O)OC)c(=O)n(CC(=O)OCC(C)O)c1=O. The maximum Gasteiger partial charge on any atom is 0.337 e. The Labute approximate surface area is 180 Å². The Kier molecular flexibility index (Phi) is 10.5. The number of methoxy groups -OCH3 is 2. The van der Waals surface area contributed by atoms with Gasteiger partial charge in [-0.15, -0.1) is 0 Å². The predicted molar refractivity (Wildman–Crippen MR) is 103 cm³/mol. The van der Waals surface area contributed by atoms with E-state index in [0.29, 0.717) is 4.57 Å². The number of rotatable bonds is 12. The fourth-order valence-electron chi connectivity index (χ4n) is 2.27. The van der Waals surface area contributed by atoms with E-state index in [9.17, 15) is 33.9 Å². The van der Waals surface area contributed by atoms with Gasteiger partial charge in [0, 0.05) is 7.11 Å². The summed E-state index contributed by atoms with van der Waals surface area (Å²) in [5, 5.41) is 18.7. The van der Waals surface area contributed by atoms with E-state index in [0.717, 1.165) is 7.11 Å². The van der Waals surface area contributed by atoms with Gasteiger partial charge < -0.3 is 29.2 Å². The summed E-state index contributed by atoms with van der Waals surface area (Å²) in [7, 11) is 2.31. The van der Waals surface area contributed by atoms with Crippen LogP contribution in [0.25, 0.3) is 0 Å². The molecule has 180 valence electrons. The Morgan fingerprint density at radius 3 is 1.53 bits per heavy atom. The molecule has 1 heterocycles. The molecule has 2 atom stereocenters. The third-order valence-corrected chi connectivity index (χ3v) is 3.76. The highest BCUT2D eigenvalue weighted by Crippen LogP contribution is 1.91. The average Bonchev–Trinajstić information content (AvgIpc) is 2.74. The van der Waals surface area contributed by atoms with Gasteiger partial charge in [-0.2, -0.15) is 0 Å². The first-order valence-electron chi connectivity index (χ1n) is 9.19. The van der Waals surface area contributed by atoms with Crippen LogP contribution in [0.3, 0.4) is 0 Å². The van der Waals surface area contributed by atoms with Crippen LogP contribution in [0.5, 0.6) is 0 Å². The minimum atomic E-state index is -1.34. The highest BCUT2D eigenvalue weighted by Gasteiger charge is 2.22. The van der Waals surface area contributed by atoms with Crippen molar-refractivity contribution in [1.82, 2.24) is 13.7 Å². The van der Waals surface area contributed by atoms with Gasteiger partial charge in [0.25, 0.3) is 0 Å². The molecule has 0 radical (unpaired) electrons. The molecule has 0 fully saturated rings.